The molecule has 0 fully saturated rings. The van der Waals surface area contributed by atoms with E-state index in [0.717, 1.165) is 24.8 Å². The van der Waals surface area contributed by atoms with Gasteiger partial charge in [0.1, 0.15) is 0 Å². The summed E-state index contributed by atoms with van der Waals surface area (Å²) in [5, 5.41) is 7.18. The number of rotatable bonds is 5. The van der Waals surface area contributed by atoms with Crippen molar-refractivity contribution < 1.29 is 8.42 Å². The van der Waals surface area contributed by atoms with Crippen molar-refractivity contribution in [1.82, 2.24) is 4.72 Å². The maximum absolute atomic E-state index is 12.2. The fourth-order valence-electron chi connectivity index (χ4n) is 2.42. The lowest BCUT2D eigenvalue weighted by molar-refractivity contribution is 0.564. The SMILES string of the molecule is CC(CC(=N)N)NS(=O)(=O)c1ccc2c(c1)CCC2. The van der Waals surface area contributed by atoms with E-state index in [1.54, 1.807) is 19.1 Å². The third-order valence-electron chi connectivity index (χ3n) is 3.26. The first-order valence-corrected chi connectivity index (χ1v) is 7.84. The number of amidine groups is 1. The van der Waals surface area contributed by atoms with Gasteiger partial charge in [-0.25, -0.2) is 13.1 Å². The molecular formula is C13H19N3O2S. The summed E-state index contributed by atoms with van der Waals surface area (Å²) in [6.07, 6.45) is 3.28. The van der Waals surface area contributed by atoms with E-state index in [2.05, 4.69) is 4.72 Å². The molecule has 5 nitrogen and oxygen atoms in total. The Morgan fingerprint density at radius 2 is 2.11 bits per heavy atom. The Balaban J connectivity index is 2.18. The molecule has 1 unspecified atom stereocenters. The maximum atomic E-state index is 12.2. The Morgan fingerprint density at radius 3 is 2.79 bits per heavy atom. The molecule has 0 saturated heterocycles. The summed E-state index contributed by atoms with van der Waals surface area (Å²) in [5.74, 6) is -0.0239. The smallest absolute Gasteiger partial charge is 0.240 e. The van der Waals surface area contributed by atoms with Crippen LogP contribution in [0.3, 0.4) is 0 Å². The lowest BCUT2D eigenvalue weighted by Gasteiger charge is -2.14. The summed E-state index contributed by atoms with van der Waals surface area (Å²) in [6, 6.07) is 4.92. The molecule has 6 heteroatoms. The fourth-order valence-corrected chi connectivity index (χ4v) is 3.71. The van der Waals surface area contributed by atoms with Gasteiger partial charge in [0.25, 0.3) is 0 Å². The number of nitrogens with one attached hydrogen (secondary N) is 2. The monoisotopic (exact) mass is 281 g/mol. The molecule has 1 aliphatic rings. The van der Waals surface area contributed by atoms with Gasteiger partial charge in [-0.1, -0.05) is 6.07 Å². The van der Waals surface area contributed by atoms with Crippen LogP contribution in [0.4, 0.5) is 0 Å². The van der Waals surface area contributed by atoms with Crippen LogP contribution in [0, 0.1) is 5.41 Å². The summed E-state index contributed by atoms with van der Waals surface area (Å²) in [5.41, 5.74) is 7.65. The van der Waals surface area contributed by atoms with Gasteiger partial charge in [0.15, 0.2) is 0 Å². The molecule has 104 valence electrons. The van der Waals surface area contributed by atoms with Crippen LogP contribution in [-0.2, 0) is 22.9 Å². The summed E-state index contributed by atoms with van der Waals surface area (Å²) < 4.78 is 26.9. The molecular weight excluding hydrogens is 262 g/mol. The number of sulfonamides is 1. The van der Waals surface area contributed by atoms with E-state index in [9.17, 15) is 8.42 Å². The van der Waals surface area contributed by atoms with E-state index >= 15 is 0 Å². The first-order chi connectivity index (χ1) is 8.88. The summed E-state index contributed by atoms with van der Waals surface area (Å²) >= 11 is 0. The highest BCUT2D eigenvalue weighted by Gasteiger charge is 2.20. The van der Waals surface area contributed by atoms with Gasteiger partial charge in [-0.3, -0.25) is 5.41 Å². The van der Waals surface area contributed by atoms with Crippen LogP contribution in [0.5, 0.6) is 0 Å². The predicted octanol–water partition coefficient (Wildman–Crippen LogP) is 1.17. The van der Waals surface area contributed by atoms with Crippen molar-refractivity contribution in [2.75, 3.05) is 0 Å². The van der Waals surface area contributed by atoms with E-state index in [0.29, 0.717) is 4.90 Å². The van der Waals surface area contributed by atoms with Gasteiger partial charge >= 0.3 is 0 Å². The van der Waals surface area contributed by atoms with Gasteiger partial charge in [0.05, 0.1) is 10.7 Å². The molecule has 19 heavy (non-hydrogen) atoms. The third kappa shape index (κ3) is 3.33. The lowest BCUT2D eigenvalue weighted by Crippen LogP contribution is -2.35. The minimum absolute atomic E-state index is 0.0239. The van der Waals surface area contributed by atoms with Gasteiger partial charge in [-0.05, 0) is 49.4 Å². The molecule has 0 heterocycles. The van der Waals surface area contributed by atoms with E-state index in [1.807, 2.05) is 6.07 Å². The summed E-state index contributed by atoms with van der Waals surface area (Å²) in [4.78, 5) is 0.295. The molecule has 2 rings (SSSR count). The minimum atomic E-state index is -3.53. The molecule has 1 aromatic rings. The molecule has 1 aliphatic carbocycles. The topological polar surface area (TPSA) is 96.0 Å². The van der Waals surface area contributed by atoms with Crippen molar-refractivity contribution in [3.8, 4) is 0 Å². The van der Waals surface area contributed by atoms with Crippen LogP contribution < -0.4 is 10.5 Å². The van der Waals surface area contributed by atoms with Crippen LogP contribution in [0.15, 0.2) is 23.1 Å². The molecule has 1 aromatic carbocycles. The average molecular weight is 281 g/mol. The van der Waals surface area contributed by atoms with Crippen molar-refractivity contribution in [2.24, 2.45) is 5.73 Å². The highest BCUT2D eigenvalue weighted by molar-refractivity contribution is 7.89. The third-order valence-corrected chi connectivity index (χ3v) is 4.85. The van der Waals surface area contributed by atoms with Crippen molar-refractivity contribution in [3.05, 3.63) is 29.3 Å². The zero-order valence-electron chi connectivity index (χ0n) is 10.9. The fraction of sp³-hybridized carbons (Fsp3) is 0.462. The number of hydrogen-bond acceptors (Lipinski definition) is 3. The second-order valence-electron chi connectivity index (χ2n) is 5.04. The molecule has 0 aliphatic heterocycles. The maximum Gasteiger partial charge on any atom is 0.240 e. The highest BCUT2D eigenvalue weighted by atomic mass is 32.2. The van der Waals surface area contributed by atoms with Crippen LogP contribution in [0.2, 0.25) is 0 Å². The predicted molar refractivity (Wildman–Crippen MR) is 74.8 cm³/mol. The Kier molecular flexibility index (Phi) is 3.91. The Morgan fingerprint density at radius 1 is 1.42 bits per heavy atom. The Hall–Kier alpha value is -1.40. The molecule has 1 atom stereocenters. The number of nitrogens with two attached hydrogens (primary N) is 1. The normalized spacial score (nSPS) is 16.1. The number of fused-ring (bicyclic) bond motifs is 1. The largest absolute Gasteiger partial charge is 0.388 e. The van der Waals surface area contributed by atoms with E-state index in [1.165, 1.54) is 5.56 Å². The summed E-state index contributed by atoms with van der Waals surface area (Å²) in [6.45, 7) is 1.70. The van der Waals surface area contributed by atoms with Crippen molar-refractivity contribution in [3.63, 3.8) is 0 Å². The minimum Gasteiger partial charge on any atom is -0.388 e. The van der Waals surface area contributed by atoms with Crippen LogP contribution >= 0.6 is 0 Å². The highest BCUT2D eigenvalue weighted by Crippen LogP contribution is 2.24. The van der Waals surface area contributed by atoms with Crippen molar-refractivity contribution in [1.29, 1.82) is 5.41 Å². The van der Waals surface area contributed by atoms with Crippen LogP contribution in [0.25, 0.3) is 0 Å². The average Bonchev–Trinajstić information content (AvgIpc) is 2.73. The quantitative estimate of drug-likeness (QED) is 0.558. The molecule has 4 N–H and O–H groups in total. The zero-order chi connectivity index (χ0) is 14.0. The van der Waals surface area contributed by atoms with Gasteiger partial charge in [0, 0.05) is 12.5 Å². The standard InChI is InChI=1S/C13H19N3O2S/c1-9(7-13(14)15)16-19(17,18)12-6-5-10-3-2-4-11(10)8-12/h5-6,8-9,16H,2-4,7H2,1H3,(H3,14,15). The van der Waals surface area contributed by atoms with Crippen molar-refractivity contribution >= 4 is 15.9 Å². The second kappa shape index (κ2) is 5.30. The van der Waals surface area contributed by atoms with Gasteiger partial charge in [-0.15, -0.1) is 0 Å². The van der Waals surface area contributed by atoms with Crippen LogP contribution in [0.1, 0.15) is 30.9 Å². The Bertz CT molecular complexity index is 596. The van der Waals surface area contributed by atoms with E-state index < -0.39 is 10.0 Å². The number of benzene rings is 1. The molecule has 0 aromatic heterocycles. The number of hydrogen-bond donors (Lipinski definition) is 3. The van der Waals surface area contributed by atoms with E-state index in [4.69, 9.17) is 11.1 Å². The number of aryl methyl sites for hydroxylation is 2. The summed E-state index contributed by atoms with van der Waals surface area (Å²) in [7, 11) is -3.53. The lowest BCUT2D eigenvalue weighted by atomic mass is 10.1. The first kappa shape index (κ1) is 14.0. The molecule has 0 amide bonds. The Labute approximate surface area is 113 Å². The van der Waals surface area contributed by atoms with E-state index in [-0.39, 0.29) is 18.3 Å². The molecule has 0 radical (unpaired) electrons. The first-order valence-electron chi connectivity index (χ1n) is 6.35. The molecule has 0 spiro atoms. The molecule has 0 bridgehead atoms. The van der Waals surface area contributed by atoms with Crippen molar-refractivity contribution in [2.45, 2.75) is 43.5 Å². The second-order valence-corrected chi connectivity index (χ2v) is 6.75. The zero-order valence-corrected chi connectivity index (χ0v) is 11.8. The van der Waals surface area contributed by atoms with Gasteiger partial charge < -0.3 is 5.73 Å². The van der Waals surface area contributed by atoms with Gasteiger partial charge in [-0.2, -0.15) is 0 Å². The van der Waals surface area contributed by atoms with Crippen LogP contribution in [-0.4, -0.2) is 20.3 Å². The molecule has 0 saturated carbocycles. The van der Waals surface area contributed by atoms with Gasteiger partial charge in [0.2, 0.25) is 10.0 Å².